The summed E-state index contributed by atoms with van der Waals surface area (Å²) < 4.78 is 5.53. The van der Waals surface area contributed by atoms with E-state index in [-0.39, 0.29) is 24.0 Å². The number of carbonyl (C=O) groups is 2. The van der Waals surface area contributed by atoms with Crippen molar-refractivity contribution in [1.82, 2.24) is 19.8 Å². The minimum Gasteiger partial charge on any atom is -0.368 e. The van der Waals surface area contributed by atoms with Crippen molar-refractivity contribution in [3.63, 3.8) is 0 Å². The molecule has 0 radical (unpaired) electrons. The zero-order chi connectivity index (χ0) is 18.1. The van der Waals surface area contributed by atoms with Gasteiger partial charge in [0.2, 0.25) is 5.91 Å². The summed E-state index contributed by atoms with van der Waals surface area (Å²) in [6.07, 6.45) is 7.14. The fourth-order valence-corrected chi connectivity index (χ4v) is 4.23. The smallest absolute Gasteiger partial charge is 0.252 e. The second kappa shape index (κ2) is 7.31. The Hall–Kier alpha value is -2.02. The van der Waals surface area contributed by atoms with Crippen molar-refractivity contribution in [2.75, 3.05) is 19.7 Å². The lowest BCUT2D eigenvalue weighted by atomic mass is 10.00. The average molecular weight is 358 g/mol. The third-order valence-corrected chi connectivity index (χ3v) is 5.67. The van der Waals surface area contributed by atoms with Gasteiger partial charge in [0.1, 0.15) is 6.10 Å². The van der Waals surface area contributed by atoms with Crippen molar-refractivity contribution in [1.29, 1.82) is 0 Å². The molecule has 0 N–H and O–H groups in total. The molecular weight excluding hydrogens is 332 g/mol. The molecule has 3 aliphatic heterocycles. The highest BCUT2D eigenvalue weighted by Gasteiger charge is 2.32. The summed E-state index contributed by atoms with van der Waals surface area (Å²) in [6.45, 7) is 4.30. The Morgan fingerprint density at radius 2 is 2.08 bits per heavy atom. The standard InChI is InChI=1S/C19H26N4O3/c1-13(24)23-8-3-2-5-16(23)18-20-11-14-12-22(9-7-15(14)21-18)19(25)17-6-4-10-26-17/h11,16-17H,2-10,12H2,1H3/t16-,17+/m0/s1. The van der Waals surface area contributed by atoms with Gasteiger partial charge in [0.15, 0.2) is 5.82 Å². The van der Waals surface area contributed by atoms with Gasteiger partial charge < -0.3 is 14.5 Å². The first kappa shape index (κ1) is 17.4. The van der Waals surface area contributed by atoms with Gasteiger partial charge in [0, 0.05) is 51.3 Å². The van der Waals surface area contributed by atoms with E-state index in [0.29, 0.717) is 19.7 Å². The molecule has 2 saturated heterocycles. The van der Waals surface area contributed by atoms with Crippen molar-refractivity contribution in [2.45, 2.75) is 64.1 Å². The molecule has 4 heterocycles. The molecule has 0 unspecified atom stereocenters. The van der Waals surface area contributed by atoms with Crippen molar-refractivity contribution in [3.05, 3.63) is 23.3 Å². The Kier molecular flexibility index (Phi) is 4.89. The van der Waals surface area contributed by atoms with E-state index in [2.05, 4.69) is 4.98 Å². The predicted molar refractivity (Wildman–Crippen MR) is 94.1 cm³/mol. The summed E-state index contributed by atoms with van der Waals surface area (Å²) in [5.41, 5.74) is 2.02. The number of amides is 2. The van der Waals surface area contributed by atoms with Crippen LogP contribution in [0.4, 0.5) is 0 Å². The molecule has 0 bridgehead atoms. The molecule has 7 heteroatoms. The van der Waals surface area contributed by atoms with Crippen LogP contribution >= 0.6 is 0 Å². The molecule has 2 atom stereocenters. The van der Waals surface area contributed by atoms with Gasteiger partial charge in [-0.25, -0.2) is 9.97 Å². The van der Waals surface area contributed by atoms with Crippen LogP contribution in [0.3, 0.4) is 0 Å². The highest BCUT2D eigenvalue weighted by atomic mass is 16.5. The first-order valence-corrected chi connectivity index (χ1v) is 9.66. The maximum atomic E-state index is 12.6. The van der Waals surface area contributed by atoms with Crippen LogP contribution in [-0.2, 0) is 27.3 Å². The number of rotatable bonds is 2. The van der Waals surface area contributed by atoms with E-state index in [9.17, 15) is 9.59 Å². The van der Waals surface area contributed by atoms with Gasteiger partial charge in [-0.15, -0.1) is 0 Å². The number of piperidine rings is 1. The number of ether oxygens (including phenoxy) is 1. The van der Waals surface area contributed by atoms with Gasteiger partial charge in [0.25, 0.3) is 5.91 Å². The van der Waals surface area contributed by atoms with Crippen LogP contribution in [0.15, 0.2) is 6.20 Å². The fourth-order valence-electron chi connectivity index (χ4n) is 4.23. The summed E-state index contributed by atoms with van der Waals surface area (Å²) in [4.78, 5) is 37.6. The quantitative estimate of drug-likeness (QED) is 0.803. The molecule has 0 spiro atoms. The summed E-state index contributed by atoms with van der Waals surface area (Å²) in [5, 5.41) is 0. The molecule has 0 aromatic carbocycles. The maximum absolute atomic E-state index is 12.6. The molecule has 2 amide bonds. The Morgan fingerprint density at radius 3 is 2.85 bits per heavy atom. The Balaban J connectivity index is 1.50. The molecule has 0 saturated carbocycles. The largest absolute Gasteiger partial charge is 0.368 e. The van der Waals surface area contributed by atoms with E-state index in [1.165, 1.54) is 0 Å². The van der Waals surface area contributed by atoms with Crippen molar-refractivity contribution in [3.8, 4) is 0 Å². The van der Waals surface area contributed by atoms with E-state index in [0.717, 1.165) is 62.2 Å². The average Bonchev–Trinajstić information content (AvgIpc) is 3.21. The van der Waals surface area contributed by atoms with Gasteiger partial charge in [-0.2, -0.15) is 0 Å². The number of nitrogens with zero attached hydrogens (tertiary/aromatic N) is 4. The lowest BCUT2D eigenvalue weighted by molar-refractivity contribution is -0.142. The maximum Gasteiger partial charge on any atom is 0.252 e. The van der Waals surface area contributed by atoms with E-state index in [4.69, 9.17) is 9.72 Å². The number of likely N-dealkylation sites (tertiary alicyclic amines) is 1. The number of hydrogen-bond acceptors (Lipinski definition) is 5. The van der Waals surface area contributed by atoms with E-state index < -0.39 is 0 Å². The summed E-state index contributed by atoms with van der Waals surface area (Å²) in [5.74, 6) is 0.925. The van der Waals surface area contributed by atoms with Crippen LogP contribution in [0.2, 0.25) is 0 Å². The zero-order valence-electron chi connectivity index (χ0n) is 15.3. The van der Waals surface area contributed by atoms with E-state index in [1.54, 1.807) is 6.92 Å². The van der Waals surface area contributed by atoms with E-state index in [1.807, 2.05) is 16.0 Å². The number of hydrogen-bond donors (Lipinski definition) is 0. The molecular formula is C19H26N4O3. The predicted octanol–water partition coefficient (Wildman–Crippen LogP) is 1.61. The lowest BCUT2D eigenvalue weighted by Crippen LogP contribution is -2.42. The number of carbonyl (C=O) groups excluding carboxylic acids is 2. The Labute approximate surface area is 153 Å². The van der Waals surface area contributed by atoms with Gasteiger partial charge in [-0.1, -0.05) is 0 Å². The summed E-state index contributed by atoms with van der Waals surface area (Å²) in [6, 6.07) is -0.0156. The topological polar surface area (TPSA) is 75.6 Å². The summed E-state index contributed by atoms with van der Waals surface area (Å²) >= 11 is 0. The van der Waals surface area contributed by atoms with Crippen molar-refractivity contribution >= 4 is 11.8 Å². The first-order chi connectivity index (χ1) is 12.6. The Bertz CT molecular complexity index is 702. The van der Waals surface area contributed by atoms with Gasteiger partial charge >= 0.3 is 0 Å². The SMILES string of the molecule is CC(=O)N1CCCC[C@H]1c1ncc2c(n1)CCN(C(=O)[C@H]1CCCO1)C2. The van der Waals surface area contributed by atoms with Gasteiger partial charge in [-0.05, 0) is 32.1 Å². The highest BCUT2D eigenvalue weighted by Crippen LogP contribution is 2.30. The van der Waals surface area contributed by atoms with Crippen LogP contribution in [0.5, 0.6) is 0 Å². The molecule has 140 valence electrons. The monoisotopic (exact) mass is 358 g/mol. The normalized spacial score (nSPS) is 25.9. The number of aromatic nitrogens is 2. The highest BCUT2D eigenvalue weighted by molar-refractivity contribution is 5.81. The second-order valence-corrected chi connectivity index (χ2v) is 7.44. The minimum atomic E-state index is -0.275. The molecule has 1 aromatic rings. The van der Waals surface area contributed by atoms with Gasteiger partial charge in [-0.3, -0.25) is 9.59 Å². The van der Waals surface area contributed by atoms with Crippen LogP contribution in [0.1, 0.15) is 62.2 Å². The van der Waals surface area contributed by atoms with Crippen molar-refractivity contribution in [2.24, 2.45) is 0 Å². The lowest BCUT2D eigenvalue weighted by Gasteiger charge is -2.35. The van der Waals surface area contributed by atoms with Crippen LogP contribution < -0.4 is 0 Å². The van der Waals surface area contributed by atoms with Crippen molar-refractivity contribution < 1.29 is 14.3 Å². The second-order valence-electron chi connectivity index (χ2n) is 7.44. The molecule has 4 rings (SSSR count). The minimum absolute atomic E-state index is 0.0156. The third kappa shape index (κ3) is 3.32. The summed E-state index contributed by atoms with van der Waals surface area (Å²) in [7, 11) is 0. The fraction of sp³-hybridized carbons (Fsp3) is 0.684. The molecule has 1 aromatic heterocycles. The molecule has 2 fully saturated rings. The van der Waals surface area contributed by atoms with Crippen LogP contribution in [0, 0.1) is 0 Å². The van der Waals surface area contributed by atoms with Gasteiger partial charge in [0.05, 0.1) is 11.7 Å². The molecule has 7 nitrogen and oxygen atoms in total. The number of fused-ring (bicyclic) bond motifs is 1. The first-order valence-electron chi connectivity index (χ1n) is 9.66. The molecule has 0 aliphatic carbocycles. The Morgan fingerprint density at radius 1 is 1.19 bits per heavy atom. The van der Waals surface area contributed by atoms with E-state index >= 15 is 0 Å². The molecule has 26 heavy (non-hydrogen) atoms. The van der Waals surface area contributed by atoms with Crippen LogP contribution in [-0.4, -0.2) is 57.4 Å². The third-order valence-electron chi connectivity index (χ3n) is 5.67. The zero-order valence-corrected chi connectivity index (χ0v) is 15.3. The molecule has 3 aliphatic rings. The van der Waals surface area contributed by atoms with Crippen LogP contribution in [0.25, 0.3) is 0 Å².